The second-order valence-electron chi connectivity index (χ2n) is 5.98. The number of nitrogens with one attached hydrogen (secondary N) is 1. The Labute approximate surface area is 135 Å². The fourth-order valence-corrected chi connectivity index (χ4v) is 3.14. The largest absolute Gasteiger partial charge is 0.482 e. The summed E-state index contributed by atoms with van der Waals surface area (Å²) in [6.07, 6.45) is 2.97. The number of likely N-dealkylation sites (tertiary alicyclic amines) is 1. The molecule has 1 fully saturated rings. The third kappa shape index (κ3) is 3.71. The minimum absolute atomic E-state index is 0.313. The summed E-state index contributed by atoms with van der Waals surface area (Å²) in [5, 5.41) is 16.0. The lowest BCUT2D eigenvalue weighted by Gasteiger charge is -2.18. The molecule has 0 spiro atoms. The number of hydrogen-bond acceptors (Lipinski definition) is 4. The van der Waals surface area contributed by atoms with Gasteiger partial charge in [-0.05, 0) is 31.5 Å². The van der Waals surface area contributed by atoms with E-state index >= 15 is 0 Å². The maximum Gasteiger partial charge on any atom is 0.341 e. The van der Waals surface area contributed by atoms with Crippen LogP contribution in [0.15, 0.2) is 30.5 Å². The first-order valence-electron chi connectivity index (χ1n) is 7.78. The molecular weight excluding hydrogens is 294 g/mol. The molecule has 2 N–H and O–H groups in total. The number of aromatic nitrogens is 2. The summed E-state index contributed by atoms with van der Waals surface area (Å²) < 4.78 is 5.38. The van der Waals surface area contributed by atoms with Crippen LogP contribution in [0.1, 0.15) is 29.2 Å². The van der Waals surface area contributed by atoms with Gasteiger partial charge in [0.15, 0.2) is 6.61 Å². The van der Waals surface area contributed by atoms with E-state index in [4.69, 9.17) is 9.84 Å². The van der Waals surface area contributed by atoms with Gasteiger partial charge in [-0.15, -0.1) is 0 Å². The van der Waals surface area contributed by atoms with Crippen LogP contribution in [0.4, 0.5) is 0 Å². The Hall–Kier alpha value is -2.34. The maximum atomic E-state index is 10.7. The lowest BCUT2D eigenvalue weighted by Crippen LogP contribution is -2.21. The normalized spacial score (nSPS) is 18.2. The van der Waals surface area contributed by atoms with Crippen LogP contribution in [0, 0.1) is 6.92 Å². The summed E-state index contributed by atoms with van der Waals surface area (Å²) in [6.45, 7) is 4.51. The molecule has 1 aliphatic rings. The number of carboxylic acid groups (broad SMARTS) is 1. The van der Waals surface area contributed by atoms with Gasteiger partial charge in [0.05, 0.1) is 6.20 Å². The summed E-state index contributed by atoms with van der Waals surface area (Å²) in [7, 11) is 0. The third-order valence-electron chi connectivity index (χ3n) is 4.27. The van der Waals surface area contributed by atoms with E-state index in [0.717, 1.165) is 31.6 Å². The van der Waals surface area contributed by atoms with Gasteiger partial charge < -0.3 is 9.84 Å². The fraction of sp³-hybridized carbons (Fsp3) is 0.412. The van der Waals surface area contributed by atoms with Crippen LogP contribution in [0.5, 0.6) is 5.75 Å². The van der Waals surface area contributed by atoms with Gasteiger partial charge >= 0.3 is 5.97 Å². The molecule has 1 atom stereocenters. The van der Waals surface area contributed by atoms with Crippen molar-refractivity contribution < 1.29 is 14.6 Å². The Kier molecular flexibility index (Phi) is 4.62. The number of benzene rings is 1. The molecule has 0 saturated carbocycles. The highest BCUT2D eigenvalue weighted by Gasteiger charge is 2.26. The van der Waals surface area contributed by atoms with Crippen LogP contribution in [0.3, 0.4) is 0 Å². The minimum Gasteiger partial charge on any atom is -0.482 e. The summed E-state index contributed by atoms with van der Waals surface area (Å²) >= 11 is 0. The Balaban J connectivity index is 1.64. The number of carbonyl (C=O) groups is 1. The SMILES string of the molecule is Cc1cn[nH]c1C1CCN(Cc2ccccc2OCC(=O)O)C1. The highest BCUT2D eigenvalue weighted by molar-refractivity contribution is 5.68. The molecule has 0 amide bonds. The molecule has 0 aliphatic carbocycles. The molecule has 3 rings (SSSR count). The topological polar surface area (TPSA) is 78.5 Å². The number of nitrogens with zero attached hydrogens (tertiary/aromatic N) is 2. The van der Waals surface area contributed by atoms with E-state index in [2.05, 4.69) is 22.0 Å². The van der Waals surface area contributed by atoms with E-state index in [1.165, 1.54) is 11.3 Å². The molecule has 1 aliphatic heterocycles. The van der Waals surface area contributed by atoms with Gasteiger partial charge in [-0.25, -0.2) is 4.79 Å². The second-order valence-corrected chi connectivity index (χ2v) is 5.98. The summed E-state index contributed by atoms with van der Waals surface area (Å²) in [5.41, 5.74) is 3.46. The van der Waals surface area contributed by atoms with Gasteiger partial charge in [0, 0.05) is 30.3 Å². The molecule has 0 bridgehead atoms. The number of ether oxygens (including phenoxy) is 1. The average Bonchev–Trinajstić information content (AvgIpc) is 3.15. The van der Waals surface area contributed by atoms with Gasteiger partial charge in [-0.1, -0.05) is 18.2 Å². The van der Waals surface area contributed by atoms with Gasteiger partial charge in [0.2, 0.25) is 0 Å². The molecule has 2 aromatic rings. The zero-order chi connectivity index (χ0) is 16.2. The Morgan fingerprint density at radius 3 is 3.04 bits per heavy atom. The first-order valence-corrected chi connectivity index (χ1v) is 7.78. The summed E-state index contributed by atoms with van der Waals surface area (Å²) in [6, 6.07) is 7.63. The molecule has 6 nitrogen and oxygen atoms in total. The number of aliphatic carboxylic acids is 1. The van der Waals surface area contributed by atoms with E-state index in [1.54, 1.807) is 0 Å². The van der Waals surface area contributed by atoms with E-state index in [0.29, 0.717) is 11.7 Å². The Bertz CT molecular complexity index is 683. The third-order valence-corrected chi connectivity index (χ3v) is 4.27. The Morgan fingerprint density at radius 2 is 2.30 bits per heavy atom. The average molecular weight is 315 g/mol. The zero-order valence-electron chi connectivity index (χ0n) is 13.2. The number of rotatable bonds is 6. The molecular formula is C17H21N3O3. The number of H-pyrrole nitrogens is 1. The second kappa shape index (κ2) is 6.83. The van der Waals surface area contributed by atoms with Crippen LogP contribution >= 0.6 is 0 Å². The minimum atomic E-state index is -0.962. The molecule has 2 heterocycles. The van der Waals surface area contributed by atoms with Gasteiger partial charge in [0.1, 0.15) is 5.75 Å². The van der Waals surface area contributed by atoms with E-state index in [-0.39, 0.29) is 6.61 Å². The number of aryl methyl sites for hydroxylation is 1. The van der Waals surface area contributed by atoms with Crippen molar-refractivity contribution in [3.63, 3.8) is 0 Å². The van der Waals surface area contributed by atoms with Crippen molar-refractivity contribution in [2.24, 2.45) is 0 Å². The molecule has 1 saturated heterocycles. The highest BCUT2D eigenvalue weighted by Crippen LogP contribution is 2.30. The number of aromatic amines is 1. The quantitative estimate of drug-likeness (QED) is 0.854. The first kappa shape index (κ1) is 15.6. The van der Waals surface area contributed by atoms with Gasteiger partial charge in [-0.3, -0.25) is 10.00 Å². The zero-order valence-corrected chi connectivity index (χ0v) is 13.2. The van der Waals surface area contributed by atoms with Crippen molar-refractivity contribution in [3.8, 4) is 5.75 Å². The number of hydrogen-bond donors (Lipinski definition) is 2. The molecule has 23 heavy (non-hydrogen) atoms. The molecule has 122 valence electrons. The smallest absolute Gasteiger partial charge is 0.341 e. The highest BCUT2D eigenvalue weighted by atomic mass is 16.5. The molecule has 1 aromatic carbocycles. The van der Waals surface area contributed by atoms with E-state index in [1.807, 2.05) is 30.5 Å². The maximum absolute atomic E-state index is 10.7. The summed E-state index contributed by atoms with van der Waals surface area (Å²) in [5.74, 6) is 0.163. The predicted molar refractivity (Wildman–Crippen MR) is 85.5 cm³/mol. The van der Waals surface area contributed by atoms with Crippen molar-refractivity contribution in [1.29, 1.82) is 0 Å². The van der Waals surface area contributed by atoms with Gasteiger partial charge in [-0.2, -0.15) is 5.10 Å². The lowest BCUT2D eigenvalue weighted by molar-refractivity contribution is -0.139. The van der Waals surface area contributed by atoms with Crippen LogP contribution < -0.4 is 4.74 Å². The van der Waals surface area contributed by atoms with Crippen LogP contribution in [-0.2, 0) is 11.3 Å². The summed E-state index contributed by atoms with van der Waals surface area (Å²) in [4.78, 5) is 13.1. The van der Waals surface area contributed by atoms with Crippen molar-refractivity contribution in [1.82, 2.24) is 15.1 Å². The van der Waals surface area contributed by atoms with Gasteiger partial charge in [0.25, 0.3) is 0 Å². The number of para-hydroxylation sites is 1. The fourth-order valence-electron chi connectivity index (χ4n) is 3.14. The van der Waals surface area contributed by atoms with E-state index in [9.17, 15) is 4.79 Å². The van der Waals surface area contributed by atoms with Crippen LogP contribution in [0.25, 0.3) is 0 Å². The monoisotopic (exact) mass is 315 g/mol. The number of carboxylic acids is 1. The standard InChI is InChI=1S/C17H21N3O3/c1-12-8-18-19-17(12)14-6-7-20(10-14)9-13-4-2-3-5-15(13)23-11-16(21)22/h2-5,8,14H,6-7,9-11H2,1H3,(H,18,19)(H,21,22). The first-order chi connectivity index (χ1) is 11.1. The van der Waals surface area contributed by atoms with Crippen molar-refractivity contribution in [3.05, 3.63) is 47.3 Å². The van der Waals surface area contributed by atoms with Crippen molar-refractivity contribution >= 4 is 5.97 Å². The molecule has 6 heteroatoms. The van der Waals surface area contributed by atoms with Crippen molar-refractivity contribution in [2.45, 2.75) is 25.8 Å². The van der Waals surface area contributed by atoms with Crippen molar-refractivity contribution in [2.75, 3.05) is 19.7 Å². The van der Waals surface area contributed by atoms with E-state index < -0.39 is 5.97 Å². The molecule has 1 aromatic heterocycles. The Morgan fingerprint density at radius 1 is 1.48 bits per heavy atom. The molecule has 0 radical (unpaired) electrons. The lowest BCUT2D eigenvalue weighted by atomic mass is 10.0. The van der Waals surface area contributed by atoms with Crippen LogP contribution in [-0.4, -0.2) is 45.9 Å². The van der Waals surface area contributed by atoms with Crippen LogP contribution in [0.2, 0.25) is 0 Å². The predicted octanol–water partition coefficient (Wildman–Crippen LogP) is 2.17. The molecule has 1 unspecified atom stereocenters.